The molecule has 0 radical (unpaired) electrons. The van der Waals surface area contributed by atoms with Crippen molar-refractivity contribution in [2.45, 2.75) is 26.2 Å². The smallest absolute Gasteiger partial charge is 0.155 e. The van der Waals surface area contributed by atoms with Crippen LogP contribution >= 0.6 is 12.2 Å². The van der Waals surface area contributed by atoms with Gasteiger partial charge in [-0.2, -0.15) is 0 Å². The molecule has 9 heavy (non-hydrogen) atoms. The van der Waals surface area contributed by atoms with Crippen LogP contribution in [-0.2, 0) is 9.47 Å². The Bertz CT molecular complexity index is 124. The maximum Gasteiger partial charge on any atom is 0.155 e. The molecule has 2 unspecified atom stereocenters. The quantitative estimate of drug-likeness (QED) is 0.517. The molecular weight excluding hydrogens is 136 g/mol. The van der Waals surface area contributed by atoms with Gasteiger partial charge in [-0.05, 0) is 13.8 Å². The normalized spacial score (nSPS) is 34.9. The minimum absolute atomic E-state index is 0.0509. The second-order valence-corrected chi connectivity index (χ2v) is 2.78. The standard InChI is InChI=1S/C6H10O2S/c1-4(9)6-3-7-5(2)8-6/h5-6H,3H2,1-2H3. The van der Waals surface area contributed by atoms with E-state index in [1.54, 1.807) is 0 Å². The Kier molecular flexibility index (Phi) is 2.16. The van der Waals surface area contributed by atoms with Gasteiger partial charge >= 0.3 is 0 Å². The lowest BCUT2D eigenvalue weighted by Crippen LogP contribution is -2.18. The van der Waals surface area contributed by atoms with Crippen LogP contribution in [0.4, 0.5) is 0 Å². The molecule has 0 spiro atoms. The van der Waals surface area contributed by atoms with Crippen LogP contribution in [0.5, 0.6) is 0 Å². The average molecular weight is 146 g/mol. The Labute approximate surface area is 60.1 Å². The van der Waals surface area contributed by atoms with Gasteiger partial charge in [-0.1, -0.05) is 12.2 Å². The number of ether oxygens (including phenoxy) is 2. The van der Waals surface area contributed by atoms with E-state index in [1.165, 1.54) is 0 Å². The molecule has 0 saturated carbocycles. The van der Waals surface area contributed by atoms with Crippen molar-refractivity contribution in [1.29, 1.82) is 0 Å². The van der Waals surface area contributed by atoms with Gasteiger partial charge in [0.25, 0.3) is 0 Å². The lowest BCUT2D eigenvalue weighted by molar-refractivity contribution is -0.0322. The van der Waals surface area contributed by atoms with Crippen molar-refractivity contribution in [2.24, 2.45) is 0 Å². The minimum Gasteiger partial charge on any atom is -0.350 e. The highest BCUT2D eigenvalue weighted by Gasteiger charge is 2.23. The highest BCUT2D eigenvalue weighted by molar-refractivity contribution is 7.80. The predicted octanol–water partition coefficient (Wildman–Crippen LogP) is 1.14. The fourth-order valence-electron chi connectivity index (χ4n) is 0.746. The molecule has 2 nitrogen and oxygen atoms in total. The first-order valence-electron chi connectivity index (χ1n) is 2.97. The van der Waals surface area contributed by atoms with Gasteiger partial charge in [-0.3, -0.25) is 0 Å². The molecule has 1 aliphatic heterocycles. The molecule has 0 aliphatic carbocycles. The first-order valence-corrected chi connectivity index (χ1v) is 3.38. The number of hydrogen-bond acceptors (Lipinski definition) is 3. The highest BCUT2D eigenvalue weighted by Crippen LogP contribution is 2.11. The maximum absolute atomic E-state index is 5.26. The van der Waals surface area contributed by atoms with Gasteiger partial charge in [-0.15, -0.1) is 0 Å². The second-order valence-electron chi connectivity index (χ2n) is 2.14. The summed E-state index contributed by atoms with van der Waals surface area (Å²) in [5.74, 6) is 0. The molecule has 0 bridgehead atoms. The van der Waals surface area contributed by atoms with Crippen LogP contribution in [0.3, 0.4) is 0 Å². The molecule has 2 atom stereocenters. The van der Waals surface area contributed by atoms with E-state index < -0.39 is 0 Å². The van der Waals surface area contributed by atoms with Gasteiger partial charge < -0.3 is 9.47 Å². The highest BCUT2D eigenvalue weighted by atomic mass is 32.1. The largest absolute Gasteiger partial charge is 0.350 e. The summed E-state index contributed by atoms with van der Waals surface area (Å²) in [5, 5.41) is 0. The summed E-state index contributed by atoms with van der Waals surface area (Å²) >= 11 is 4.90. The van der Waals surface area contributed by atoms with Gasteiger partial charge in [0.1, 0.15) is 6.10 Å². The van der Waals surface area contributed by atoms with E-state index in [-0.39, 0.29) is 12.4 Å². The van der Waals surface area contributed by atoms with E-state index >= 15 is 0 Å². The summed E-state index contributed by atoms with van der Waals surface area (Å²) in [6.07, 6.45) is -0.0251. The lowest BCUT2D eigenvalue weighted by atomic mass is 10.3. The monoisotopic (exact) mass is 146 g/mol. The second kappa shape index (κ2) is 2.73. The Morgan fingerprint density at radius 2 is 2.33 bits per heavy atom. The summed E-state index contributed by atoms with van der Waals surface area (Å²) in [5.41, 5.74) is 0. The third-order valence-electron chi connectivity index (χ3n) is 1.29. The summed E-state index contributed by atoms with van der Waals surface area (Å²) in [4.78, 5) is 0.874. The first-order chi connectivity index (χ1) is 4.20. The molecule has 52 valence electrons. The van der Waals surface area contributed by atoms with E-state index in [2.05, 4.69) is 0 Å². The lowest BCUT2D eigenvalue weighted by Gasteiger charge is -2.04. The molecule has 0 aromatic carbocycles. The van der Waals surface area contributed by atoms with Gasteiger partial charge in [0.05, 0.1) is 6.61 Å². The van der Waals surface area contributed by atoms with Crippen molar-refractivity contribution in [3.63, 3.8) is 0 Å². The van der Waals surface area contributed by atoms with Crippen LogP contribution in [0.1, 0.15) is 13.8 Å². The van der Waals surface area contributed by atoms with E-state index in [0.29, 0.717) is 6.61 Å². The van der Waals surface area contributed by atoms with Crippen LogP contribution in [0.15, 0.2) is 0 Å². The maximum atomic E-state index is 5.26. The molecule has 1 heterocycles. The minimum atomic E-state index is -0.0760. The molecule has 1 fully saturated rings. The van der Waals surface area contributed by atoms with Gasteiger partial charge in [0.15, 0.2) is 6.29 Å². The molecule has 0 amide bonds. The van der Waals surface area contributed by atoms with Gasteiger partial charge in [0, 0.05) is 4.86 Å². The van der Waals surface area contributed by atoms with Crippen LogP contribution in [0, 0.1) is 0 Å². The first kappa shape index (κ1) is 7.12. The summed E-state index contributed by atoms with van der Waals surface area (Å²) in [7, 11) is 0. The number of rotatable bonds is 1. The van der Waals surface area contributed by atoms with Crippen molar-refractivity contribution in [2.75, 3.05) is 6.61 Å². The van der Waals surface area contributed by atoms with Crippen LogP contribution in [0.2, 0.25) is 0 Å². The number of hydrogen-bond donors (Lipinski definition) is 0. The van der Waals surface area contributed by atoms with Gasteiger partial charge in [-0.25, -0.2) is 0 Å². The van der Waals surface area contributed by atoms with Crippen molar-refractivity contribution in [3.05, 3.63) is 0 Å². The molecule has 0 aromatic rings. The van der Waals surface area contributed by atoms with Crippen molar-refractivity contribution >= 4 is 17.1 Å². The van der Waals surface area contributed by atoms with Crippen molar-refractivity contribution < 1.29 is 9.47 Å². The average Bonchev–Trinajstić information content (AvgIpc) is 2.14. The van der Waals surface area contributed by atoms with Crippen LogP contribution in [-0.4, -0.2) is 23.9 Å². The van der Waals surface area contributed by atoms with Crippen LogP contribution < -0.4 is 0 Å². The van der Waals surface area contributed by atoms with Crippen LogP contribution in [0.25, 0.3) is 0 Å². The number of thiocarbonyl (C=S) groups is 1. The molecule has 3 heteroatoms. The summed E-state index contributed by atoms with van der Waals surface area (Å²) < 4.78 is 10.4. The van der Waals surface area contributed by atoms with Crippen molar-refractivity contribution in [1.82, 2.24) is 0 Å². The zero-order valence-corrected chi connectivity index (χ0v) is 6.40. The topological polar surface area (TPSA) is 18.5 Å². The fraction of sp³-hybridized carbons (Fsp3) is 0.833. The Hall–Kier alpha value is 0.0100. The predicted molar refractivity (Wildman–Crippen MR) is 38.6 cm³/mol. The molecular formula is C6H10O2S. The third-order valence-corrected chi connectivity index (χ3v) is 1.55. The van der Waals surface area contributed by atoms with Crippen molar-refractivity contribution in [3.8, 4) is 0 Å². The molecule has 0 N–H and O–H groups in total. The Morgan fingerprint density at radius 3 is 2.56 bits per heavy atom. The SMILES string of the molecule is CC(=S)C1COC(C)O1. The van der Waals surface area contributed by atoms with E-state index in [0.717, 1.165) is 4.86 Å². The fourth-order valence-corrected chi connectivity index (χ4v) is 0.870. The summed E-state index contributed by atoms with van der Waals surface area (Å²) in [6.45, 7) is 4.37. The molecule has 0 aromatic heterocycles. The molecule has 1 saturated heterocycles. The molecule has 1 aliphatic rings. The zero-order valence-electron chi connectivity index (χ0n) is 5.59. The third kappa shape index (κ3) is 1.71. The zero-order chi connectivity index (χ0) is 6.85. The Morgan fingerprint density at radius 1 is 1.67 bits per heavy atom. The van der Waals surface area contributed by atoms with Gasteiger partial charge in [0.2, 0.25) is 0 Å². The Balaban J connectivity index is 2.39. The summed E-state index contributed by atoms with van der Waals surface area (Å²) in [6, 6.07) is 0. The van der Waals surface area contributed by atoms with E-state index in [4.69, 9.17) is 21.7 Å². The molecule has 1 rings (SSSR count). The van der Waals surface area contributed by atoms with E-state index in [9.17, 15) is 0 Å². The van der Waals surface area contributed by atoms with E-state index in [1.807, 2.05) is 13.8 Å².